The third kappa shape index (κ3) is 2.04. The van der Waals surface area contributed by atoms with Gasteiger partial charge < -0.3 is 19.6 Å². The van der Waals surface area contributed by atoms with E-state index in [9.17, 15) is 0 Å². The molecule has 0 radical (unpaired) electrons. The molecule has 0 spiro atoms. The molecule has 8 heteroatoms. The molecular formula is C12H16N8. The smallest absolute Gasteiger partial charge is 0.180 e. The van der Waals surface area contributed by atoms with Gasteiger partial charge in [0.2, 0.25) is 0 Å². The highest BCUT2D eigenvalue weighted by molar-refractivity contribution is 5.65. The fourth-order valence-corrected chi connectivity index (χ4v) is 2.10. The quantitative estimate of drug-likeness (QED) is 0.739. The first-order valence-corrected chi connectivity index (χ1v) is 6.31. The van der Waals surface area contributed by atoms with Crippen LogP contribution in [-0.2, 0) is 7.05 Å². The Labute approximate surface area is 115 Å². The van der Waals surface area contributed by atoms with Gasteiger partial charge in [0.1, 0.15) is 12.1 Å². The van der Waals surface area contributed by atoms with Gasteiger partial charge in [0.15, 0.2) is 17.3 Å². The minimum atomic E-state index is -0.0254. The summed E-state index contributed by atoms with van der Waals surface area (Å²) < 4.78 is 3.80. The van der Waals surface area contributed by atoms with Crippen molar-refractivity contribution in [3.8, 4) is 0 Å². The average Bonchev–Trinajstić information content (AvgIpc) is 3.06. The second kappa shape index (κ2) is 4.80. The maximum absolute atomic E-state index is 4.51. The first kappa shape index (κ1) is 12.4. The summed E-state index contributed by atoms with van der Waals surface area (Å²) in [5, 5.41) is 14.4. The van der Waals surface area contributed by atoms with Gasteiger partial charge >= 0.3 is 0 Å². The summed E-state index contributed by atoms with van der Waals surface area (Å²) >= 11 is 0. The third-order valence-corrected chi connectivity index (χ3v) is 3.12. The predicted molar refractivity (Wildman–Crippen MR) is 75.6 cm³/mol. The number of hydrogen-bond donors (Lipinski definition) is 2. The van der Waals surface area contributed by atoms with Crippen LogP contribution in [0.15, 0.2) is 24.9 Å². The number of aryl methyl sites for hydroxylation is 1. The molecule has 0 aromatic carbocycles. The summed E-state index contributed by atoms with van der Waals surface area (Å²) in [7, 11) is 3.75. The Morgan fingerprint density at radius 2 is 2.20 bits per heavy atom. The molecule has 1 unspecified atom stereocenters. The van der Waals surface area contributed by atoms with Gasteiger partial charge in [-0.15, -0.1) is 10.2 Å². The lowest BCUT2D eigenvalue weighted by Gasteiger charge is -2.15. The highest BCUT2D eigenvalue weighted by Crippen LogP contribution is 2.21. The van der Waals surface area contributed by atoms with E-state index in [-0.39, 0.29) is 6.04 Å². The van der Waals surface area contributed by atoms with E-state index in [1.54, 1.807) is 12.5 Å². The van der Waals surface area contributed by atoms with E-state index >= 15 is 0 Å². The molecule has 0 aliphatic heterocycles. The topological polar surface area (TPSA) is 85.0 Å². The van der Waals surface area contributed by atoms with Crippen molar-refractivity contribution in [3.63, 3.8) is 0 Å². The van der Waals surface area contributed by atoms with E-state index in [1.807, 2.05) is 42.4 Å². The van der Waals surface area contributed by atoms with Crippen molar-refractivity contribution in [3.05, 3.63) is 30.7 Å². The van der Waals surface area contributed by atoms with Gasteiger partial charge in [-0.05, 0) is 6.92 Å². The summed E-state index contributed by atoms with van der Waals surface area (Å²) in [4.78, 5) is 8.83. The van der Waals surface area contributed by atoms with E-state index in [0.717, 1.165) is 17.3 Å². The Balaban J connectivity index is 1.97. The highest BCUT2D eigenvalue weighted by atomic mass is 15.3. The molecule has 2 N–H and O–H groups in total. The summed E-state index contributed by atoms with van der Waals surface area (Å²) in [6.07, 6.45) is 7.20. The SMILES string of the molecule is CNc1cn2ccnc2c(NC(C)c2nncn2C)n1. The molecule has 8 nitrogen and oxygen atoms in total. The Morgan fingerprint density at radius 3 is 2.90 bits per heavy atom. The number of rotatable bonds is 4. The number of hydrogen-bond acceptors (Lipinski definition) is 6. The maximum Gasteiger partial charge on any atom is 0.180 e. The molecule has 0 bridgehead atoms. The third-order valence-electron chi connectivity index (χ3n) is 3.12. The summed E-state index contributed by atoms with van der Waals surface area (Å²) in [6, 6.07) is -0.0254. The average molecular weight is 272 g/mol. The zero-order valence-corrected chi connectivity index (χ0v) is 11.6. The first-order valence-electron chi connectivity index (χ1n) is 6.31. The minimum Gasteiger partial charge on any atom is -0.372 e. The molecule has 0 saturated carbocycles. The Hall–Kier alpha value is -2.64. The van der Waals surface area contributed by atoms with Crippen LogP contribution in [0.4, 0.5) is 11.6 Å². The van der Waals surface area contributed by atoms with E-state index in [1.165, 1.54) is 0 Å². The zero-order chi connectivity index (χ0) is 14.1. The molecular weight excluding hydrogens is 256 g/mol. The van der Waals surface area contributed by atoms with E-state index in [2.05, 4.69) is 30.8 Å². The van der Waals surface area contributed by atoms with Crippen LogP contribution in [0.3, 0.4) is 0 Å². The predicted octanol–water partition coefficient (Wildman–Crippen LogP) is 1.07. The molecule has 3 rings (SSSR count). The van der Waals surface area contributed by atoms with E-state index in [4.69, 9.17) is 0 Å². The van der Waals surface area contributed by atoms with Crippen molar-refractivity contribution in [2.75, 3.05) is 17.7 Å². The number of aromatic nitrogens is 6. The minimum absolute atomic E-state index is 0.0254. The lowest BCUT2D eigenvalue weighted by atomic mass is 10.3. The van der Waals surface area contributed by atoms with Crippen LogP contribution in [0.25, 0.3) is 5.65 Å². The number of anilines is 2. The standard InChI is InChI=1S/C12H16N8/c1-8(11-18-15-7-19(11)3)16-10-12-14-4-5-20(12)6-9(13-2)17-10/h4-8,13H,1-3H3,(H,16,17). The maximum atomic E-state index is 4.51. The molecule has 0 aliphatic rings. The molecule has 0 aliphatic carbocycles. The Bertz CT molecular complexity index is 728. The highest BCUT2D eigenvalue weighted by Gasteiger charge is 2.15. The molecule has 3 heterocycles. The van der Waals surface area contributed by atoms with E-state index in [0.29, 0.717) is 5.82 Å². The van der Waals surface area contributed by atoms with Crippen molar-refractivity contribution in [2.45, 2.75) is 13.0 Å². The van der Waals surface area contributed by atoms with Crippen LogP contribution in [0.2, 0.25) is 0 Å². The summed E-state index contributed by atoms with van der Waals surface area (Å²) in [6.45, 7) is 2.01. The molecule has 104 valence electrons. The largest absolute Gasteiger partial charge is 0.372 e. The van der Waals surface area contributed by atoms with Crippen LogP contribution in [-0.4, -0.2) is 36.2 Å². The van der Waals surface area contributed by atoms with Gasteiger partial charge in [-0.1, -0.05) is 0 Å². The molecule has 20 heavy (non-hydrogen) atoms. The molecule has 0 fully saturated rings. The molecule has 0 saturated heterocycles. The fraction of sp³-hybridized carbons (Fsp3) is 0.333. The first-order chi connectivity index (χ1) is 9.69. The Morgan fingerprint density at radius 1 is 1.35 bits per heavy atom. The summed E-state index contributed by atoms with van der Waals surface area (Å²) in [5.41, 5.74) is 0.776. The van der Waals surface area contributed by atoms with Crippen LogP contribution in [0.1, 0.15) is 18.8 Å². The van der Waals surface area contributed by atoms with Crippen molar-refractivity contribution in [1.29, 1.82) is 0 Å². The van der Waals surface area contributed by atoms with Crippen LogP contribution in [0, 0.1) is 0 Å². The van der Waals surface area contributed by atoms with Crippen molar-refractivity contribution < 1.29 is 0 Å². The van der Waals surface area contributed by atoms with Gasteiger partial charge in [-0.3, -0.25) is 0 Å². The summed E-state index contributed by atoms with van der Waals surface area (Å²) in [5.74, 6) is 2.31. The van der Waals surface area contributed by atoms with Crippen molar-refractivity contribution in [1.82, 2.24) is 29.1 Å². The molecule has 3 aromatic heterocycles. The number of nitrogens with one attached hydrogen (secondary N) is 2. The van der Waals surface area contributed by atoms with Crippen molar-refractivity contribution in [2.24, 2.45) is 7.05 Å². The van der Waals surface area contributed by atoms with Crippen molar-refractivity contribution >= 4 is 17.3 Å². The number of nitrogens with zero attached hydrogens (tertiary/aromatic N) is 6. The normalized spacial score (nSPS) is 12.6. The number of fused-ring (bicyclic) bond motifs is 1. The molecule has 1 atom stereocenters. The van der Waals surface area contributed by atoms with E-state index < -0.39 is 0 Å². The second-order valence-electron chi connectivity index (χ2n) is 4.55. The van der Waals surface area contributed by atoms with Gasteiger partial charge in [0.25, 0.3) is 0 Å². The van der Waals surface area contributed by atoms with Crippen LogP contribution < -0.4 is 10.6 Å². The van der Waals surface area contributed by atoms with Crippen LogP contribution >= 0.6 is 0 Å². The molecule has 3 aromatic rings. The second-order valence-corrected chi connectivity index (χ2v) is 4.55. The number of imidazole rings is 1. The van der Waals surface area contributed by atoms with Gasteiger partial charge in [-0.25, -0.2) is 9.97 Å². The zero-order valence-electron chi connectivity index (χ0n) is 11.6. The molecule has 0 amide bonds. The fourth-order valence-electron chi connectivity index (χ4n) is 2.10. The van der Waals surface area contributed by atoms with Gasteiger partial charge in [0, 0.05) is 26.5 Å². The lowest BCUT2D eigenvalue weighted by molar-refractivity contribution is 0.716. The van der Waals surface area contributed by atoms with Crippen LogP contribution in [0.5, 0.6) is 0 Å². The monoisotopic (exact) mass is 272 g/mol. The lowest BCUT2D eigenvalue weighted by Crippen LogP contribution is -2.14. The van der Waals surface area contributed by atoms with Gasteiger partial charge in [0.05, 0.1) is 12.2 Å². The Kier molecular flexibility index (Phi) is 2.97. The van der Waals surface area contributed by atoms with Gasteiger partial charge in [-0.2, -0.15) is 0 Å².